The smallest absolute Gasteiger partial charge is 0.269 e. The molecular formula is C15H23N3O2. The zero-order valence-corrected chi connectivity index (χ0v) is 12.0. The van der Waals surface area contributed by atoms with E-state index in [-0.39, 0.29) is 10.6 Å². The number of likely N-dealkylation sites (N-methyl/N-ethyl adjacent to an activating group) is 1. The molecule has 1 aromatic rings. The fraction of sp³-hybridized carbons (Fsp3) is 0.600. The topological polar surface area (TPSA) is 58.4 Å². The van der Waals surface area contributed by atoms with Gasteiger partial charge in [-0.15, -0.1) is 0 Å². The largest absolute Gasteiger partial charge is 0.317 e. The van der Waals surface area contributed by atoms with E-state index in [0.717, 1.165) is 44.1 Å². The van der Waals surface area contributed by atoms with Crippen LogP contribution in [-0.4, -0.2) is 43.0 Å². The average Bonchev–Trinajstić information content (AvgIpc) is 2.46. The van der Waals surface area contributed by atoms with Gasteiger partial charge in [-0.25, -0.2) is 0 Å². The first-order valence-corrected chi connectivity index (χ1v) is 7.28. The van der Waals surface area contributed by atoms with E-state index in [1.54, 1.807) is 18.2 Å². The Bertz CT molecular complexity index is 444. The van der Waals surface area contributed by atoms with E-state index in [0.29, 0.717) is 0 Å². The van der Waals surface area contributed by atoms with Crippen LogP contribution in [0.3, 0.4) is 0 Å². The molecule has 1 aliphatic rings. The molecule has 0 saturated carbocycles. The third kappa shape index (κ3) is 4.58. The highest BCUT2D eigenvalue weighted by Gasteiger charge is 2.15. The molecule has 1 saturated heterocycles. The Morgan fingerprint density at radius 3 is 2.85 bits per heavy atom. The van der Waals surface area contributed by atoms with Gasteiger partial charge in [-0.05, 0) is 50.9 Å². The van der Waals surface area contributed by atoms with Crippen molar-refractivity contribution < 1.29 is 4.92 Å². The first-order valence-electron chi connectivity index (χ1n) is 7.28. The van der Waals surface area contributed by atoms with Crippen molar-refractivity contribution in [2.75, 3.05) is 33.2 Å². The van der Waals surface area contributed by atoms with Crippen molar-refractivity contribution in [2.45, 2.75) is 19.3 Å². The number of benzene rings is 1. The summed E-state index contributed by atoms with van der Waals surface area (Å²) in [4.78, 5) is 12.8. The van der Waals surface area contributed by atoms with Crippen LogP contribution >= 0.6 is 0 Å². The lowest BCUT2D eigenvalue weighted by Crippen LogP contribution is -2.35. The van der Waals surface area contributed by atoms with E-state index in [4.69, 9.17) is 0 Å². The molecule has 0 atom stereocenters. The van der Waals surface area contributed by atoms with Crippen molar-refractivity contribution in [1.29, 1.82) is 0 Å². The molecule has 1 aromatic carbocycles. The van der Waals surface area contributed by atoms with Gasteiger partial charge in [-0.1, -0.05) is 12.1 Å². The summed E-state index contributed by atoms with van der Waals surface area (Å²) in [6, 6.07) is 6.95. The molecule has 5 heteroatoms. The third-order valence-corrected chi connectivity index (χ3v) is 3.93. The maximum Gasteiger partial charge on any atom is 0.269 e. The molecule has 1 N–H and O–H groups in total. The summed E-state index contributed by atoms with van der Waals surface area (Å²) >= 11 is 0. The number of piperidine rings is 1. The standard InChI is InChI=1S/C15H23N3O2/c1-17(12-14-5-8-16-9-6-14)10-7-13-3-2-4-15(11-13)18(19)20/h2-4,11,14,16H,5-10,12H2,1H3. The van der Waals surface area contributed by atoms with E-state index in [9.17, 15) is 10.1 Å². The van der Waals surface area contributed by atoms with Gasteiger partial charge >= 0.3 is 0 Å². The summed E-state index contributed by atoms with van der Waals surface area (Å²) in [6.07, 6.45) is 3.37. The maximum absolute atomic E-state index is 10.7. The molecule has 0 unspecified atom stereocenters. The fourth-order valence-electron chi connectivity index (χ4n) is 2.74. The van der Waals surface area contributed by atoms with Crippen LogP contribution in [-0.2, 0) is 6.42 Å². The first-order chi connectivity index (χ1) is 9.65. The van der Waals surface area contributed by atoms with Gasteiger partial charge in [0.1, 0.15) is 0 Å². The highest BCUT2D eigenvalue weighted by atomic mass is 16.6. The van der Waals surface area contributed by atoms with Crippen LogP contribution in [0.2, 0.25) is 0 Å². The van der Waals surface area contributed by atoms with Crippen molar-refractivity contribution in [2.24, 2.45) is 5.92 Å². The molecule has 5 nitrogen and oxygen atoms in total. The number of nitrogens with zero attached hydrogens (tertiary/aromatic N) is 2. The van der Waals surface area contributed by atoms with E-state index in [2.05, 4.69) is 17.3 Å². The van der Waals surface area contributed by atoms with Crippen LogP contribution in [0.25, 0.3) is 0 Å². The summed E-state index contributed by atoms with van der Waals surface area (Å²) < 4.78 is 0. The van der Waals surface area contributed by atoms with Gasteiger partial charge in [0.05, 0.1) is 4.92 Å². The lowest BCUT2D eigenvalue weighted by molar-refractivity contribution is -0.384. The van der Waals surface area contributed by atoms with Crippen molar-refractivity contribution in [3.63, 3.8) is 0 Å². The van der Waals surface area contributed by atoms with Crippen molar-refractivity contribution in [1.82, 2.24) is 10.2 Å². The molecule has 0 bridgehead atoms. The van der Waals surface area contributed by atoms with Crippen LogP contribution in [0.1, 0.15) is 18.4 Å². The molecule has 1 fully saturated rings. The second-order valence-corrected chi connectivity index (χ2v) is 5.63. The Labute approximate surface area is 120 Å². The lowest BCUT2D eigenvalue weighted by atomic mass is 9.97. The van der Waals surface area contributed by atoms with E-state index >= 15 is 0 Å². The summed E-state index contributed by atoms with van der Waals surface area (Å²) in [5.74, 6) is 0.784. The Morgan fingerprint density at radius 1 is 1.40 bits per heavy atom. The minimum absolute atomic E-state index is 0.184. The van der Waals surface area contributed by atoms with Crippen LogP contribution in [0.15, 0.2) is 24.3 Å². The van der Waals surface area contributed by atoms with Crippen LogP contribution in [0.4, 0.5) is 5.69 Å². The second-order valence-electron chi connectivity index (χ2n) is 5.63. The molecule has 110 valence electrons. The van der Waals surface area contributed by atoms with Crippen molar-refractivity contribution in [3.8, 4) is 0 Å². The predicted octanol–water partition coefficient (Wildman–Crippen LogP) is 2.07. The Hall–Kier alpha value is -1.46. The average molecular weight is 277 g/mol. The van der Waals surface area contributed by atoms with Gasteiger partial charge in [0.25, 0.3) is 5.69 Å². The van der Waals surface area contributed by atoms with Gasteiger partial charge in [0.15, 0.2) is 0 Å². The molecule has 0 spiro atoms. The number of nitrogens with one attached hydrogen (secondary N) is 1. The molecule has 0 aromatic heterocycles. The van der Waals surface area contributed by atoms with Crippen LogP contribution in [0.5, 0.6) is 0 Å². The van der Waals surface area contributed by atoms with E-state index in [1.165, 1.54) is 12.8 Å². The Balaban J connectivity index is 1.78. The predicted molar refractivity (Wildman–Crippen MR) is 79.9 cm³/mol. The summed E-state index contributed by atoms with van der Waals surface area (Å²) in [5, 5.41) is 14.1. The fourth-order valence-corrected chi connectivity index (χ4v) is 2.74. The molecule has 1 heterocycles. The van der Waals surface area contributed by atoms with Crippen molar-refractivity contribution >= 4 is 5.69 Å². The number of nitro benzene ring substituents is 1. The van der Waals surface area contributed by atoms with E-state index < -0.39 is 0 Å². The number of non-ortho nitro benzene ring substituents is 1. The number of nitro groups is 1. The zero-order chi connectivity index (χ0) is 14.4. The number of rotatable bonds is 6. The summed E-state index contributed by atoms with van der Waals surface area (Å²) in [5.41, 5.74) is 1.22. The first kappa shape index (κ1) is 14.9. The minimum Gasteiger partial charge on any atom is -0.317 e. The highest BCUT2D eigenvalue weighted by Crippen LogP contribution is 2.15. The van der Waals surface area contributed by atoms with Gasteiger partial charge in [-0.3, -0.25) is 10.1 Å². The molecule has 20 heavy (non-hydrogen) atoms. The Morgan fingerprint density at radius 2 is 2.15 bits per heavy atom. The molecule has 0 radical (unpaired) electrons. The van der Waals surface area contributed by atoms with Crippen molar-refractivity contribution in [3.05, 3.63) is 39.9 Å². The van der Waals surface area contributed by atoms with Gasteiger partial charge < -0.3 is 10.2 Å². The van der Waals surface area contributed by atoms with Crippen LogP contribution < -0.4 is 5.32 Å². The SMILES string of the molecule is CN(CCc1cccc([N+](=O)[O-])c1)CC1CCNCC1. The summed E-state index contributed by atoms with van der Waals surface area (Å²) in [7, 11) is 2.14. The maximum atomic E-state index is 10.7. The normalized spacial score (nSPS) is 16.5. The molecule has 1 aliphatic heterocycles. The van der Waals surface area contributed by atoms with Gasteiger partial charge in [-0.2, -0.15) is 0 Å². The monoisotopic (exact) mass is 277 g/mol. The molecule has 0 aliphatic carbocycles. The van der Waals surface area contributed by atoms with E-state index in [1.807, 2.05) is 6.07 Å². The van der Waals surface area contributed by atoms with Gasteiger partial charge in [0.2, 0.25) is 0 Å². The molecular weight excluding hydrogens is 254 g/mol. The molecule has 2 rings (SSSR count). The van der Waals surface area contributed by atoms with Crippen LogP contribution in [0, 0.1) is 16.0 Å². The Kier molecular flexibility index (Phi) is 5.49. The molecule has 0 amide bonds. The lowest BCUT2D eigenvalue weighted by Gasteiger charge is -2.27. The highest BCUT2D eigenvalue weighted by molar-refractivity contribution is 5.34. The zero-order valence-electron chi connectivity index (χ0n) is 12.0. The second kappa shape index (κ2) is 7.36. The number of hydrogen-bond donors (Lipinski definition) is 1. The quantitative estimate of drug-likeness (QED) is 0.639. The minimum atomic E-state index is -0.331. The summed E-state index contributed by atoms with van der Waals surface area (Å²) in [6.45, 7) is 4.33. The third-order valence-electron chi connectivity index (χ3n) is 3.93. The number of hydrogen-bond acceptors (Lipinski definition) is 4. The van der Waals surface area contributed by atoms with Gasteiger partial charge in [0, 0.05) is 25.2 Å².